The highest BCUT2D eigenvalue weighted by atomic mass is 28.3. The first-order valence-electron chi connectivity index (χ1n) is 14.2. The van der Waals surface area contributed by atoms with Crippen LogP contribution in [0.3, 0.4) is 0 Å². The Bertz CT molecular complexity index is 1650. The Balaban J connectivity index is 2.07. The maximum atomic E-state index is 5.81. The zero-order chi connectivity index (χ0) is 31.6. The average Bonchev–Trinajstić information content (AvgIpc) is 3.00. The monoisotopic (exact) mass is 585 g/mol. The highest BCUT2D eigenvalue weighted by Crippen LogP contribution is 2.38. The number of allylic oxidation sites excluding steroid dienone is 9. The molecule has 0 saturated heterocycles. The van der Waals surface area contributed by atoms with Gasteiger partial charge in [-0.15, -0.1) is 0 Å². The second-order valence-corrected chi connectivity index (χ2v) is 16.1. The summed E-state index contributed by atoms with van der Waals surface area (Å²) in [5, 5.41) is 1.93. The van der Waals surface area contributed by atoms with Gasteiger partial charge < -0.3 is 14.4 Å². The van der Waals surface area contributed by atoms with Crippen LogP contribution in [0, 0.1) is 0 Å². The van der Waals surface area contributed by atoms with Crippen LogP contribution in [0.2, 0.25) is 19.6 Å². The van der Waals surface area contributed by atoms with Crippen molar-refractivity contribution in [2.24, 2.45) is 0 Å². The van der Waals surface area contributed by atoms with Crippen LogP contribution in [-0.4, -0.2) is 22.3 Å². The second kappa shape index (κ2) is 14.9. The Kier molecular flexibility index (Phi) is 11.3. The van der Waals surface area contributed by atoms with Gasteiger partial charge >= 0.3 is 0 Å². The van der Waals surface area contributed by atoms with Crippen LogP contribution in [-0.2, 0) is 4.74 Å². The van der Waals surface area contributed by atoms with E-state index < -0.39 is 8.07 Å². The molecule has 0 atom stereocenters. The zero-order valence-corrected chi connectivity index (χ0v) is 27.2. The molecule has 0 bridgehead atoms. The normalized spacial score (nSPS) is 12.4. The number of fused-ring (bicyclic) bond motifs is 1. The summed E-state index contributed by atoms with van der Waals surface area (Å²) >= 11 is 0. The lowest BCUT2D eigenvalue weighted by Crippen LogP contribution is -2.19. The number of methoxy groups -OCH3 is 2. The van der Waals surface area contributed by atoms with Crippen molar-refractivity contribution in [2.45, 2.75) is 19.6 Å². The molecule has 3 aromatic carbocycles. The van der Waals surface area contributed by atoms with Crippen molar-refractivity contribution in [2.75, 3.05) is 19.1 Å². The van der Waals surface area contributed by atoms with Crippen molar-refractivity contribution in [3.8, 4) is 5.75 Å². The first-order chi connectivity index (χ1) is 20.6. The smallest absolute Gasteiger partial charge is 0.127 e. The molecule has 0 amide bonds. The van der Waals surface area contributed by atoms with Gasteiger partial charge in [-0.2, -0.15) is 0 Å². The third kappa shape index (κ3) is 8.15. The number of hydrogen-bond acceptors (Lipinski definition) is 3. The van der Waals surface area contributed by atoms with Crippen molar-refractivity contribution in [3.05, 3.63) is 170 Å². The van der Waals surface area contributed by atoms with Gasteiger partial charge in [0.2, 0.25) is 0 Å². The lowest BCUT2D eigenvalue weighted by atomic mass is 9.92. The van der Waals surface area contributed by atoms with Crippen molar-refractivity contribution in [1.82, 2.24) is 0 Å². The van der Waals surface area contributed by atoms with Crippen LogP contribution in [0.15, 0.2) is 159 Å². The highest BCUT2D eigenvalue weighted by Gasteiger charge is 2.17. The summed E-state index contributed by atoms with van der Waals surface area (Å²) in [6.45, 7) is 28.0. The summed E-state index contributed by atoms with van der Waals surface area (Å²) in [6.07, 6.45) is 13.5. The summed E-state index contributed by atoms with van der Waals surface area (Å²) in [7, 11) is 1.95. The van der Waals surface area contributed by atoms with Gasteiger partial charge in [0.15, 0.2) is 0 Å². The maximum absolute atomic E-state index is 5.81. The molecule has 0 saturated carbocycles. The van der Waals surface area contributed by atoms with E-state index in [4.69, 9.17) is 9.47 Å². The number of benzene rings is 3. The fraction of sp³-hybridized carbons (Fsp3) is 0.128. The molecule has 0 radical (unpaired) electrons. The van der Waals surface area contributed by atoms with E-state index in [0.29, 0.717) is 5.76 Å². The lowest BCUT2D eigenvalue weighted by molar-refractivity contribution is 0.311. The van der Waals surface area contributed by atoms with Crippen LogP contribution in [0.25, 0.3) is 21.9 Å². The molecule has 0 aliphatic rings. The SMILES string of the molecule is C=C/C=C(/OC)C(=C)c1ccc(OC)c2c(C(=C)/C=C\C(=C)N(/C(C=C)=C/C=C/[Si](C)(C)C)c3ccccc3)cccc12. The van der Waals surface area contributed by atoms with E-state index in [0.717, 1.165) is 55.9 Å². The van der Waals surface area contributed by atoms with Crippen LogP contribution >= 0.6 is 0 Å². The Morgan fingerprint density at radius 3 is 2.14 bits per heavy atom. The van der Waals surface area contributed by atoms with Gasteiger partial charge in [0, 0.05) is 28.0 Å². The van der Waals surface area contributed by atoms with E-state index in [1.807, 2.05) is 54.6 Å². The third-order valence-corrected chi connectivity index (χ3v) is 7.98. The van der Waals surface area contributed by atoms with E-state index >= 15 is 0 Å². The van der Waals surface area contributed by atoms with E-state index in [1.54, 1.807) is 26.4 Å². The summed E-state index contributed by atoms with van der Waals surface area (Å²) in [5.74, 6) is 1.40. The van der Waals surface area contributed by atoms with Gasteiger partial charge in [-0.25, -0.2) is 0 Å². The van der Waals surface area contributed by atoms with Gasteiger partial charge in [-0.1, -0.05) is 113 Å². The Labute approximate surface area is 259 Å². The summed E-state index contributed by atoms with van der Waals surface area (Å²) in [6, 6.07) is 20.2. The number of anilines is 1. The summed E-state index contributed by atoms with van der Waals surface area (Å²) < 4.78 is 11.4. The molecule has 220 valence electrons. The summed E-state index contributed by atoms with van der Waals surface area (Å²) in [4.78, 5) is 2.09. The second-order valence-electron chi connectivity index (χ2n) is 11.0. The van der Waals surface area contributed by atoms with Crippen LogP contribution in [0.5, 0.6) is 5.75 Å². The molecule has 0 aliphatic carbocycles. The molecule has 43 heavy (non-hydrogen) atoms. The average molecular weight is 586 g/mol. The number of rotatable bonds is 14. The molecule has 0 fully saturated rings. The standard InChI is InChI=1S/C39H43NO2Si/c1-11-18-37(41-6)31(5)35-26-27-38(42-7)39-34(22-16-23-36(35)39)29(3)24-25-30(4)40(33-19-14-13-15-20-33)32(12-2)21-17-28-43(8,9)10/h11-28H,1-5H2,6-10H3/b25-24-,28-17+,32-21+,37-18+. The van der Waals surface area contributed by atoms with Gasteiger partial charge in [0.1, 0.15) is 11.5 Å². The minimum Gasteiger partial charge on any atom is -0.496 e. The van der Waals surface area contributed by atoms with Gasteiger partial charge in [0.25, 0.3) is 0 Å². The quantitative estimate of drug-likeness (QED) is 0.107. The first kappa shape index (κ1) is 32.7. The molecule has 0 heterocycles. The van der Waals surface area contributed by atoms with E-state index in [1.165, 1.54) is 0 Å². The molecular weight excluding hydrogens is 543 g/mol. The Morgan fingerprint density at radius 2 is 1.53 bits per heavy atom. The zero-order valence-electron chi connectivity index (χ0n) is 26.2. The molecule has 3 nitrogen and oxygen atoms in total. The number of ether oxygens (including phenoxy) is 2. The van der Waals surface area contributed by atoms with E-state index in [2.05, 4.69) is 99.6 Å². The largest absolute Gasteiger partial charge is 0.496 e. The molecule has 3 rings (SSSR count). The van der Waals surface area contributed by atoms with Crippen LogP contribution in [0.1, 0.15) is 11.1 Å². The van der Waals surface area contributed by atoms with Crippen LogP contribution in [0.4, 0.5) is 5.69 Å². The first-order valence-corrected chi connectivity index (χ1v) is 17.7. The van der Waals surface area contributed by atoms with Crippen molar-refractivity contribution in [1.29, 1.82) is 0 Å². The summed E-state index contributed by atoms with van der Waals surface area (Å²) in [5.41, 5.74) is 8.47. The third-order valence-electron chi connectivity index (χ3n) is 6.79. The molecule has 0 N–H and O–H groups in total. The van der Waals surface area contributed by atoms with Crippen molar-refractivity contribution < 1.29 is 9.47 Å². The van der Waals surface area contributed by atoms with E-state index in [-0.39, 0.29) is 0 Å². The molecule has 4 heteroatoms. The molecule has 3 aromatic rings. The molecule has 0 aliphatic heterocycles. The predicted molar refractivity (Wildman–Crippen MR) is 192 cm³/mol. The minimum atomic E-state index is -1.36. The fourth-order valence-corrected chi connectivity index (χ4v) is 5.37. The van der Waals surface area contributed by atoms with Crippen molar-refractivity contribution in [3.63, 3.8) is 0 Å². The minimum absolute atomic E-state index is 0.647. The van der Waals surface area contributed by atoms with Gasteiger partial charge in [-0.05, 0) is 70.7 Å². The predicted octanol–water partition coefficient (Wildman–Crippen LogP) is 10.7. The Hall–Kier alpha value is -4.80. The molecule has 0 spiro atoms. The van der Waals surface area contributed by atoms with Crippen LogP contribution < -0.4 is 9.64 Å². The Morgan fingerprint density at radius 1 is 0.814 bits per heavy atom. The van der Waals surface area contributed by atoms with Crippen molar-refractivity contribution >= 4 is 35.7 Å². The lowest BCUT2D eigenvalue weighted by Gasteiger charge is -2.26. The van der Waals surface area contributed by atoms with Gasteiger partial charge in [-0.3, -0.25) is 0 Å². The van der Waals surface area contributed by atoms with E-state index in [9.17, 15) is 0 Å². The topological polar surface area (TPSA) is 21.7 Å². The molecule has 0 aromatic heterocycles. The number of hydrogen-bond donors (Lipinski definition) is 0. The fourth-order valence-electron chi connectivity index (χ4n) is 4.69. The maximum Gasteiger partial charge on any atom is 0.127 e. The highest BCUT2D eigenvalue weighted by molar-refractivity contribution is 6.81. The molecule has 0 unspecified atom stereocenters. The number of nitrogens with zero attached hydrogens (tertiary/aromatic N) is 1. The molecular formula is C39H43NO2Si. The van der Waals surface area contributed by atoms with Gasteiger partial charge in [0.05, 0.1) is 22.3 Å². The number of para-hydroxylation sites is 1.